The Hall–Kier alpha value is -1.00. The van der Waals surface area contributed by atoms with E-state index in [1.807, 2.05) is 0 Å². The molecule has 1 aromatic rings. The van der Waals surface area contributed by atoms with E-state index in [0.717, 1.165) is 18.7 Å². The average molecular weight is 254 g/mol. The third kappa shape index (κ3) is 3.75. The molecule has 0 spiro atoms. The maximum absolute atomic E-state index is 12.4. The second-order valence-corrected chi connectivity index (χ2v) is 5.02. The van der Waals surface area contributed by atoms with E-state index in [1.54, 1.807) is 12.1 Å². The standard InChI is InChI=1S/C14H20F2N2/c1-18-8-2-3-13(10-18)17-9-11-4-6-12(7-5-11)14(15)16/h4-7,13-14,17H,2-3,8-10H2,1H3. The van der Waals surface area contributed by atoms with Gasteiger partial charge in [-0.05, 0) is 32.0 Å². The average Bonchev–Trinajstić information content (AvgIpc) is 2.37. The van der Waals surface area contributed by atoms with Crippen LogP contribution in [0.3, 0.4) is 0 Å². The zero-order chi connectivity index (χ0) is 13.0. The van der Waals surface area contributed by atoms with Crippen molar-refractivity contribution in [2.45, 2.75) is 31.9 Å². The Kier molecular flexibility index (Phi) is 4.66. The van der Waals surface area contributed by atoms with E-state index in [4.69, 9.17) is 0 Å². The maximum Gasteiger partial charge on any atom is 0.263 e. The Morgan fingerprint density at radius 3 is 2.67 bits per heavy atom. The number of piperidine rings is 1. The van der Waals surface area contributed by atoms with Crippen molar-refractivity contribution in [2.24, 2.45) is 0 Å². The minimum absolute atomic E-state index is 0.0937. The second kappa shape index (κ2) is 6.25. The maximum atomic E-state index is 12.4. The van der Waals surface area contributed by atoms with Crippen LogP contribution in [0.5, 0.6) is 0 Å². The molecule has 0 saturated carbocycles. The smallest absolute Gasteiger partial charge is 0.263 e. The van der Waals surface area contributed by atoms with Gasteiger partial charge in [-0.3, -0.25) is 0 Å². The molecule has 1 heterocycles. The fourth-order valence-corrected chi connectivity index (χ4v) is 2.38. The van der Waals surface area contributed by atoms with Gasteiger partial charge in [-0.1, -0.05) is 24.3 Å². The number of nitrogens with zero attached hydrogens (tertiary/aromatic N) is 1. The van der Waals surface area contributed by atoms with Gasteiger partial charge < -0.3 is 10.2 Å². The third-order valence-electron chi connectivity index (χ3n) is 3.45. The van der Waals surface area contributed by atoms with Crippen LogP contribution in [0.2, 0.25) is 0 Å². The molecule has 1 saturated heterocycles. The Morgan fingerprint density at radius 1 is 1.33 bits per heavy atom. The summed E-state index contributed by atoms with van der Waals surface area (Å²) in [5.41, 5.74) is 1.16. The lowest BCUT2D eigenvalue weighted by Crippen LogP contribution is -2.43. The van der Waals surface area contributed by atoms with Crippen molar-refractivity contribution < 1.29 is 8.78 Å². The Balaban J connectivity index is 1.82. The normalized spacial score (nSPS) is 21.4. The van der Waals surface area contributed by atoms with Gasteiger partial charge in [0.2, 0.25) is 0 Å². The van der Waals surface area contributed by atoms with E-state index < -0.39 is 6.43 Å². The fraction of sp³-hybridized carbons (Fsp3) is 0.571. The van der Waals surface area contributed by atoms with Crippen molar-refractivity contribution in [1.82, 2.24) is 10.2 Å². The molecule has 2 nitrogen and oxygen atoms in total. The van der Waals surface area contributed by atoms with Crippen LogP contribution in [0.1, 0.15) is 30.4 Å². The van der Waals surface area contributed by atoms with Crippen LogP contribution in [0.15, 0.2) is 24.3 Å². The molecule has 0 aromatic heterocycles. The van der Waals surface area contributed by atoms with Crippen molar-refractivity contribution in [1.29, 1.82) is 0 Å². The minimum Gasteiger partial charge on any atom is -0.309 e. The molecule has 18 heavy (non-hydrogen) atoms. The molecule has 1 atom stereocenters. The lowest BCUT2D eigenvalue weighted by Gasteiger charge is -2.30. The molecule has 1 unspecified atom stereocenters. The zero-order valence-corrected chi connectivity index (χ0v) is 10.7. The highest BCUT2D eigenvalue weighted by Crippen LogP contribution is 2.18. The molecule has 2 rings (SSSR count). The predicted octanol–water partition coefficient (Wildman–Crippen LogP) is 2.81. The summed E-state index contributed by atoms with van der Waals surface area (Å²) in [5, 5.41) is 3.49. The van der Waals surface area contributed by atoms with Gasteiger partial charge >= 0.3 is 0 Å². The molecule has 1 N–H and O–H groups in total. The summed E-state index contributed by atoms with van der Waals surface area (Å²) < 4.78 is 24.8. The van der Waals surface area contributed by atoms with Gasteiger partial charge in [-0.15, -0.1) is 0 Å². The molecular formula is C14H20F2N2. The number of rotatable bonds is 4. The molecule has 0 aliphatic carbocycles. The van der Waals surface area contributed by atoms with E-state index >= 15 is 0 Å². The van der Waals surface area contributed by atoms with E-state index in [9.17, 15) is 8.78 Å². The minimum atomic E-state index is -2.38. The van der Waals surface area contributed by atoms with Crippen LogP contribution in [0.25, 0.3) is 0 Å². The molecule has 0 radical (unpaired) electrons. The topological polar surface area (TPSA) is 15.3 Å². The zero-order valence-electron chi connectivity index (χ0n) is 10.7. The lowest BCUT2D eigenvalue weighted by atomic mass is 10.1. The van der Waals surface area contributed by atoms with Crippen molar-refractivity contribution in [3.8, 4) is 0 Å². The highest BCUT2D eigenvalue weighted by atomic mass is 19.3. The monoisotopic (exact) mass is 254 g/mol. The number of hydrogen-bond acceptors (Lipinski definition) is 2. The predicted molar refractivity (Wildman–Crippen MR) is 68.8 cm³/mol. The van der Waals surface area contributed by atoms with Gasteiger partial charge in [0.15, 0.2) is 0 Å². The van der Waals surface area contributed by atoms with Crippen molar-refractivity contribution >= 4 is 0 Å². The largest absolute Gasteiger partial charge is 0.309 e. The van der Waals surface area contributed by atoms with E-state index in [-0.39, 0.29) is 5.56 Å². The van der Waals surface area contributed by atoms with Crippen LogP contribution in [0, 0.1) is 0 Å². The molecule has 0 amide bonds. The highest BCUT2D eigenvalue weighted by Gasteiger charge is 2.16. The Morgan fingerprint density at radius 2 is 2.06 bits per heavy atom. The summed E-state index contributed by atoms with van der Waals surface area (Å²) in [6.45, 7) is 2.98. The lowest BCUT2D eigenvalue weighted by molar-refractivity contribution is 0.151. The van der Waals surface area contributed by atoms with Crippen molar-refractivity contribution in [2.75, 3.05) is 20.1 Å². The number of likely N-dealkylation sites (N-methyl/N-ethyl adjacent to an activating group) is 1. The first-order valence-corrected chi connectivity index (χ1v) is 6.44. The Labute approximate surface area is 107 Å². The molecule has 1 aliphatic rings. The number of hydrogen-bond donors (Lipinski definition) is 1. The summed E-state index contributed by atoms with van der Waals surface area (Å²) in [7, 11) is 2.13. The fourth-order valence-electron chi connectivity index (χ4n) is 2.38. The van der Waals surface area contributed by atoms with Gasteiger partial charge in [-0.25, -0.2) is 8.78 Å². The first-order chi connectivity index (χ1) is 8.65. The van der Waals surface area contributed by atoms with Crippen molar-refractivity contribution in [3.05, 3.63) is 35.4 Å². The van der Waals surface area contributed by atoms with E-state index in [0.29, 0.717) is 6.04 Å². The van der Waals surface area contributed by atoms with E-state index in [1.165, 1.54) is 31.5 Å². The number of halogens is 2. The molecule has 1 aliphatic heterocycles. The molecule has 0 bridgehead atoms. The summed E-state index contributed by atoms with van der Waals surface area (Å²) in [6, 6.07) is 7.09. The van der Waals surface area contributed by atoms with Gasteiger partial charge in [0, 0.05) is 24.7 Å². The summed E-state index contributed by atoms with van der Waals surface area (Å²) in [6.07, 6.45) is 0.0387. The van der Waals surface area contributed by atoms with Gasteiger partial charge in [0.25, 0.3) is 6.43 Å². The Bertz CT molecular complexity index is 365. The van der Waals surface area contributed by atoms with Crippen LogP contribution in [0.4, 0.5) is 8.78 Å². The van der Waals surface area contributed by atoms with E-state index in [2.05, 4.69) is 17.3 Å². The first kappa shape index (κ1) is 13.4. The highest BCUT2D eigenvalue weighted by molar-refractivity contribution is 5.23. The van der Waals surface area contributed by atoms with Crippen LogP contribution < -0.4 is 5.32 Å². The molecule has 100 valence electrons. The van der Waals surface area contributed by atoms with Crippen molar-refractivity contribution in [3.63, 3.8) is 0 Å². The molecule has 1 fully saturated rings. The van der Waals surface area contributed by atoms with Crippen LogP contribution >= 0.6 is 0 Å². The van der Waals surface area contributed by atoms with Crippen LogP contribution in [-0.2, 0) is 6.54 Å². The van der Waals surface area contributed by atoms with Gasteiger partial charge in [-0.2, -0.15) is 0 Å². The number of alkyl halides is 2. The van der Waals surface area contributed by atoms with Gasteiger partial charge in [0.1, 0.15) is 0 Å². The SMILES string of the molecule is CN1CCCC(NCc2ccc(C(F)F)cc2)C1. The first-order valence-electron chi connectivity index (χ1n) is 6.44. The second-order valence-electron chi connectivity index (χ2n) is 5.02. The number of likely N-dealkylation sites (tertiary alicyclic amines) is 1. The molecular weight excluding hydrogens is 234 g/mol. The van der Waals surface area contributed by atoms with Crippen LogP contribution in [-0.4, -0.2) is 31.1 Å². The quantitative estimate of drug-likeness (QED) is 0.889. The number of benzene rings is 1. The summed E-state index contributed by atoms with van der Waals surface area (Å²) >= 11 is 0. The molecule has 1 aromatic carbocycles. The summed E-state index contributed by atoms with van der Waals surface area (Å²) in [4.78, 5) is 2.32. The number of nitrogens with one attached hydrogen (secondary N) is 1. The third-order valence-corrected chi connectivity index (χ3v) is 3.45. The van der Waals surface area contributed by atoms with Gasteiger partial charge in [0.05, 0.1) is 0 Å². The summed E-state index contributed by atoms with van der Waals surface area (Å²) in [5.74, 6) is 0. The molecule has 4 heteroatoms.